The average Bonchev–Trinajstić information content (AvgIpc) is 2.57. The molecule has 0 atom stereocenters. The number of aromatic hydroxyl groups is 1. The van der Waals surface area contributed by atoms with Crippen LogP contribution in [0.3, 0.4) is 0 Å². The molecule has 0 aliphatic rings. The molecule has 0 aliphatic carbocycles. The second kappa shape index (κ2) is 6.22. The van der Waals surface area contributed by atoms with Crippen molar-refractivity contribution in [1.29, 1.82) is 0 Å². The number of hydrogen-bond donors (Lipinski definition) is 1. The Morgan fingerprint density at radius 2 is 1.73 bits per heavy atom. The lowest BCUT2D eigenvalue weighted by Crippen LogP contribution is -1.97. The molecule has 0 radical (unpaired) electrons. The van der Waals surface area contributed by atoms with Crippen LogP contribution in [0.4, 0.5) is 4.39 Å². The summed E-state index contributed by atoms with van der Waals surface area (Å²) in [5.74, 6) is -0.199. The molecule has 1 N–H and O–H groups in total. The molecular formula is C17H13FN2O2. The molecule has 0 spiro atoms. The van der Waals surface area contributed by atoms with Gasteiger partial charge in [-0.25, -0.2) is 14.4 Å². The minimum atomic E-state index is -0.703. The van der Waals surface area contributed by atoms with Gasteiger partial charge in [-0.05, 0) is 23.8 Å². The van der Waals surface area contributed by atoms with E-state index in [0.29, 0.717) is 23.7 Å². The van der Waals surface area contributed by atoms with Gasteiger partial charge < -0.3 is 9.84 Å². The number of aromatic nitrogens is 2. The molecule has 0 bridgehead atoms. The van der Waals surface area contributed by atoms with Crippen LogP contribution in [0.1, 0.15) is 5.56 Å². The molecule has 1 heterocycles. The molecule has 110 valence electrons. The van der Waals surface area contributed by atoms with Crippen molar-refractivity contribution in [2.24, 2.45) is 0 Å². The summed E-state index contributed by atoms with van der Waals surface area (Å²) >= 11 is 0. The van der Waals surface area contributed by atoms with Crippen LogP contribution < -0.4 is 4.74 Å². The Labute approximate surface area is 126 Å². The smallest absolute Gasteiger partial charge is 0.165 e. The summed E-state index contributed by atoms with van der Waals surface area (Å²) in [5.41, 5.74) is 1.54. The number of phenols is 1. The van der Waals surface area contributed by atoms with Gasteiger partial charge in [-0.1, -0.05) is 30.3 Å². The Bertz CT molecular complexity index is 761. The van der Waals surface area contributed by atoms with E-state index in [1.165, 1.54) is 24.5 Å². The van der Waals surface area contributed by atoms with E-state index in [1.807, 2.05) is 30.3 Å². The van der Waals surface area contributed by atoms with Gasteiger partial charge in [0.05, 0.1) is 12.4 Å². The molecule has 5 heteroatoms. The van der Waals surface area contributed by atoms with E-state index in [0.717, 1.165) is 5.56 Å². The van der Waals surface area contributed by atoms with Crippen LogP contribution in [0, 0.1) is 5.82 Å². The van der Waals surface area contributed by atoms with Gasteiger partial charge in [0, 0.05) is 5.56 Å². The van der Waals surface area contributed by atoms with E-state index in [9.17, 15) is 9.50 Å². The first-order valence-corrected chi connectivity index (χ1v) is 6.70. The third-order valence-corrected chi connectivity index (χ3v) is 3.08. The predicted octanol–water partition coefficient (Wildman–Crippen LogP) is 3.57. The van der Waals surface area contributed by atoms with E-state index >= 15 is 0 Å². The van der Waals surface area contributed by atoms with E-state index in [1.54, 1.807) is 6.07 Å². The zero-order valence-corrected chi connectivity index (χ0v) is 11.6. The average molecular weight is 296 g/mol. The lowest BCUT2D eigenvalue weighted by molar-refractivity contribution is 0.303. The lowest BCUT2D eigenvalue weighted by atomic mass is 10.2. The minimum absolute atomic E-state index is 0.367. The summed E-state index contributed by atoms with van der Waals surface area (Å²) in [5, 5.41) is 9.18. The van der Waals surface area contributed by atoms with Gasteiger partial charge in [0.15, 0.2) is 23.1 Å². The van der Waals surface area contributed by atoms with Crippen molar-refractivity contribution >= 4 is 0 Å². The maximum atomic E-state index is 13.3. The fraction of sp³-hybridized carbons (Fsp3) is 0.0588. The van der Waals surface area contributed by atoms with Crippen LogP contribution in [0.25, 0.3) is 11.4 Å². The second-order valence-corrected chi connectivity index (χ2v) is 4.68. The summed E-state index contributed by atoms with van der Waals surface area (Å²) in [4.78, 5) is 8.30. The van der Waals surface area contributed by atoms with Crippen LogP contribution in [0.5, 0.6) is 11.5 Å². The van der Waals surface area contributed by atoms with Crippen molar-refractivity contribution < 1.29 is 14.2 Å². The first-order chi connectivity index (χ1) is 10.7. The first-order valence-electron chi connectivity index (χ1n) is 6.70. The summed E-state index contributed by atoms with van der Waals surface area (Å²) < 4.78 is 18.9. The van der Waals surface area contributed by atoms with Gasteiger partial charge >= 0.3 is 0 Å². The van der Waals surface area contributed by atoms with Crippen LogP contribution in [-0.4, -0.2) is 15.1 Å². The molecule has 1 aromatic heterocycles. The number of rotatable bonds is 4. The number of halogens is 1. The Balaban J connectivity index is 1.71. The number of nitrogens with zero attached hydrogens (tertiary/aromatic N) is 2. The number of benzene rings is 2. The van der Waals surface area contributed by atoms with Gasteiger partial charge in [-0.15, -0.1) is 0 Å². The van der Waals surface area contributed by atoms with E-state index < -0.39 is 11.6 Å². The van der Waals surface area contributed by atoms with Gasteiger partial charge in [-0.2, -0.15) is 0 Å². The molecule has 0 amide bonds. The van der Waals surface area contributed by atoms with Crippen molar-refractivity contribution in [3.8, 4) is 22.9 Å². The Kier molecular flexibility index (Phi) is 3.96. The Morgan fingerprint density at radius 1 is 1.00 bits per heavy atom. The fourth-order valence-electron chi connectivity index (χ4n) is 1.93. The fourth-order valence-corrected chi connectivity index (χ4v) is 1.93. The SMILES string of the molecule is Oc1ccc(-c2ncc(OCc3ccccc3)cn2)cc1F. The molecule has 0 saturated carbocycles. The maximum absolute atomic E-state index is 13.3. The minimum Gasteiger partial charge on any atom is -0.505 e. The van der Waals surface area contributed by atoms with E-state index in [2.05, 4.69) is 9.97 Å². The third kappa shape index (κ3) is 3.20. The number of phenolic OH excluding ortho intramolecular Hbond substituents is 1. The normalized spacial score (nSPS) is 10.4. The van der Waals surface area contributed by atoms with Crippen molar-refractivity contribution in [2.75, 3.05) is 0 Å². The summed E-state index contributed by atoms with van der Waals surface area (Å²) in [6.45, 7) is 0.428. The molecule has 0 fully saturated rings. The van der Waals surface area contributed by atoms with Crippen molar-refractivity contribution in [3.05, 3.63) is 72.3 Å². The summed E-state index contributed by atoms with van der Waals surface area (Å²) in [7, 11) is 0. The highest BCUT2D eigenvalue weighted by molar-refractivity contribution is 5.56. The van der Waals surface area contributed by atoms with Gasteiger partial charge in [-0.3, -0.25) is 0 Å². The molecule has 3 rings (SSSR count). The van der Waals surface area contributed by atoms with Gasteiger partial charge in [0.2, 0.25) is 0 Å². The molecule has 2 aromatic carbocycles. The van der Waals surface area contributed by atoms with Gasteiger partial charge in [0.1, 0.15) is 6.61 Å². The van der Waals surface area contributed by atoms with Crippen molar-refractivity contribution in [2.45, 2.75) is 6.61 Å². The van der Waals surface area contributed by atoms with Crippen LogP contribution in [0.15, 0.2) is 60.9 Å². The van der Waals surface area contributed by atoms with Crippen LogP contribution in [-0.2, 0) is 6.61 Å². The number of ether oxygens (including phenoxy) is 1. The standard InChI is InChI=1S/C17H13FN2O2/c18-15-8-13(6-7-16(15)21)17-19-9-14(10-20-17)22-11-12-4-2-1-3-5-12/h1-10,21H,11H2. The lowest BCUT2D eigenvalue weighted by Gasteiger charge is -2.06. The first kappa shape index (κ1) is 14.0. The number of hydrogen-bond acceptors (Lipinski definition) is 4. The highest BCUT2D eigenvalue weighted by Gasteiger charge is 2.06. The third-order valence-electron chi connectivity index (χ3n) is 3.08. The maximum Gasteiger partial charge on any atom is 0.165 e. The zero-order chi connectivity index (χ0) is 15.4. The topological polar surface area (TPSA) is 55.2 Å². The Hall–Kier alpha value is -2.95. The molecule has 0 saturated heterocycles. The second-order valence-electron chi connectivity index (χ2n) is 4.68. The summed E-state index contributed by atoms with van der Waals surface area (Å²) in [6, 6.07) is 13.8. The monoisotopic (exact) mass is 296 g/mol. The largest absolute Gasteiger partial charge is 0.505 e. The molecule has 3 aromatic rings. The molecule has 0 unspecified atom stereocenters. The molecule has 22 heavy (non-hydrogen) atoms. The van der Waals surface area contributed by atoms with Crippen LogP contribution >= 0.6 is 0 Å². The molecule has 0 aliphatic heterocycles. The van der Waals surface area contributed by atoms with Crippen LogP contribution in [0.2, 0.25) is 0 Å². The quantitative estimate of drug-likeness (QED) is 0.799. The van der Waals surface area contributed by atoms with E-state index in [4.69, 9.17) is 4.74 Å². The van der Waals surface area contributed by atoms with E-state index in [-0.39, 0.29) is 0 Å². The molecular weight excluding hydrogens is 283 g/mol. The van der Waals surface area contributed by atoms with Crippen molar-refractivity contribution in [3.63, 3.8) is 0 Å². The highest BCUT2D eigenvalue weighted by Crippen LogP contribution is 2.23. The van der Waals surface area contributed by atoms with Gasteiger partial charge in [0.25, 0.3) is 0 Å². The highest BCUT2D eigenvalue weighted by atomic mass is 19.1. The predicted molar refractivity (Wildman–Crippen MR) is 79.9 cm³/mol. The Morgan fingerprint density at radius 3 is 2.41 bits per heavy atom. The molecule has 4 nitrogen and oxygen atoms in total. The summed E-state index contributed by atoms with van der Waals surface area (Å²) in [6.07, 6.45) is 3.08. The van der Waals surface area contributed by atoms with Crippen molar-refractivity contribution in [1.82, 2.24) is 9.97 Å². The zero-order valence-electron chi connectivity index (χ0n) is 11.6.